The molecule has 0 fully saturated rings. The van der Waals surface area contributed by atoms with Crippen molar-refractivity contribution in [3.05, 3.63) is 8.86 Å². The van der Waals surface area contributed by atoms with Gasteiger partial charge in [-0.3, -0.25) is 4.57 Å². The number of nitrogens with zero attached hydrogens (tertiary/aromatic N) is 2. The van der Waals surface area contributed by atoms with E-state index in [-0.39, 0.29) is 8.96 Å². The summed E-state index contributed by atoms with van der Waals surface area (Å²) in [6.07, 6.45) is 0. The van der Waals surface area contributed by atoms with Gasteiger partial charge in [-0.1, -0.05) is 11.3 Å². The third kappa shape index (κ3) is 1.90. The zero-order chi connectivity index (χ0) is 10.0. The molecule has 0 radical (unpaired) electrons. The van der Waals surface area contributed by atoms with Crippen molar-refractivity contribution in [3.63, 3.8) is 0 Å². The van der Waals surface area contributed by atoms with Crippen LogP contribution in [0.1, 0.15) is 0 Å². The lowest BCUT2D eigenvalue weighted by Crippen LogP contribution is -2.27. The highest BCUT2D eigenvalue weighted by Crippen LogP contribution is 2.33. The normalized spacial score (nSPS) is 9.85. The molecule has 0 atom stereocenters. The lowest BCUT2D eigenvalue weighted by molar-refractivity contribution is -0.306. The molecule has 1 heterocycles. The Morgan fingerprint density at radius 3 is 2.77 bits per heavy atom. The number of aromatic hydroxyl groups is 1. The van der Waals surface area contributed by atoms with E-state index < -0.39 is 18.4 Å². The highest BCUT2D eigenvalue weighted by Gasteiger charge is 2.11. The Hall–Kier alpha value is -1.28. The molecule has 0 aliphatic carbocycles. The topological polar surface area (TPSA) is 94.7 Å². The first kappa shape index (κ1) is 9.81. The van der Waals surface area contributed by atoms with Gasteiger partial charge in [-0.2, -0.15) is 0 Å². The van der Waals surface area contributed by atoms with Crippen LogP contribution in [-0.2, 0) is 11.3 Å². The van der Waals surface area contributed by atoms with Gasteiger partial charge in [0.05, 0.1) is 12.5 Å². The highest BCUT2D eigenvalue weighted by molar-refractivity contribution is 7.73. The molecule has 8 heteroatoms. The molecule has 6 nitrogen and oxygen atoms in total. The molecule has 70 valence electrons. The fraction of sp³-hybridized carbons (Fsp3) is 0.200. The van der Waals surface area contributed by atoms with Crippen LogP contribution in [-0.4, -0.2) is 15.6 Å². The third-order valence-corrected chi connectivity index (χ3v) is 2.54. The van der Waals surface area contributed by atoms with Crippen LogP contribution in [0.15, 0.2) is 5.18 Å². The van der Waals surface area contributed by atoms with Crippen LogP contribution >= 0.6 is 23.6 Å². The number of carbonyl (C=O) groups is 1. The molecule has 0 aromatic carbocycles. The van der Waals surface area contributed by atoms with Gasteiger partial charge in [0.1, 0.15) is 0 Å². The van der Waals surface area contributed by atoms with Gasteiger partial charge in [0.15, 0.2) is 3.95 Å². The molecule has 13 heavy (non-hydrogen) atoms. The molecule has 0 amide bonds. The summed E-state index contributed by atoms with van der Waals surface area (Å²) in [7, 11) is 0. The average Bonchev–Trinajstić information content (AvgIpc) is 2.31. The zero-order valence-electron chi connectivity index (χ0n) is 6.09. The molecule has 0 spiro atoms. The van der Waals surface area contributed by atoms with E-state index in [0.29, 0.717) is 0 Å². The molecule has 1 rings (SSSR count). The van der Waals surface area contributed by atoms with Crippen molar-refractivity contribution in [1.82, 2.24) is 4.57 Å². The Kier molecular flexibility index (Phi) is 2.73. The van der Waals surface area contributed by atoms with Crippen LogP contribution in [0.25, 0.3) is 0 Å². The molecular formula is C5H3N2O4S2-. The van der Waals surface area contributed by atoms with E-state index >= 15 is 0 Å². The number of carboxylic acid groups (broad SMARTS) is 1. The molecule has 0 saturated heterocycles. The van der Waals surface area contributed by atoms with Gasteiger partial charge < -0.3 is 15.0 Å². The summed E-state index contributed by atoms with van der Waals surface area (Å²) >= 11 is 5.42. The Balaban J connectivity index is 3.20. The van der Waals surface area contributed by atoms with Crippen LogP contribution in [0.4, 0.5) is 5.00 Å². The average molecular weight is 219 g/mol. The van der Waals surface area contributed by atoms with E-state index in [1.807, 2.05) is 0 Å². The number of aliphatic carboxylic acids is 1. The summed E-state index contributed by atoms with van der Waals surface area (Å²) in [5, 5.41) is 21.6. The molecule has 0 saturated carbocycles. The lowest BCUT2D eigenvalue weighted by Gasteiger charge is -2.03. The van der Waals surface area contributed by atoms with Crippen LogP contribution < -0.4 is 5.11 Å². The van der Waals surface area contributed by atoms with Gasteiger partial charge in [-0.15, -0.1) is 4.91 Å². The van der Waals surface area contributed by atoms with Crippen molar-refractivity contribution < 1.29 is 15.0 Å². The molecule has 0 bridgehead atoms. The Labute approximate surface area is 81.0 Å². The van der Waals surface area contributed by atoms with E-state index in [1.165, 1.54) is 0 Å². The molecule has 1 N–H and O–H groups in total. The minimum absolute atomic E-state index is 0.0660. The molecular weight excluding hydrogens is 216 g/mol. The quantitative estimate of drug-likeness (QED) is 0.576. The van der Waals surface area contributed by atoms with Gasteiger partial charge in [0, 0.05) is 0 Å². The van der Waals surface area contributed by atoms with Gasteiger partial charge in [-0.25, -0.2) is 0 Å². The second kappa shape index (κ2) is 3.62. The maximum absolute atomic E-state index is 10.2. The predicted octanol–water partition coefficient (Wildman–Crippen LogP) is 0.132. The van der Waals surface area contributed by atoms with Crippen LogP contribution in [0.3, 0.4) is 0 Å². The molecule has 1 aromatic rings. The molecule has 0 aliphatic rings. The van der Waals surface area contributed by atoms with E-state index in [9.17, 15) is 19.9 Å². The largest absolute Gasteiger partial charge is 0.548 e. The van der Waals surface area contributed by atoms with Crippen LogP contribution in [0.5, 0.6) is 5.88 Å². The first-order valence-electron chi connectivity index (χ1n) is 3.02. The molecule has 0 unspecified atom stereocenters. The van der Waals surface area contributed by atoms with Crippen molar-refractivity contribution in [2.75, 3.05) is 0 Å². The Bertz CT molecular complexity index is 407. The van der Waals surface area contributed by atoms with Gasteiger partial charge in [0.25, 0.3) is 0 Å². The maximum atomic E-state index is 10.2. The Morgan fingerprint density at radius 1 is 1.77 bits per heavy atom. The summed E-state index contributed by atoms with van der Waals surface area (Å²) in [4.78, 5) is 20.2. The monoisotopic (exact) mass is 219 g/mol. The first-order chi connectivity index (χ1) is 6.06. The SMILES string of the molecule is O=Nc1sc(=S)n(CC(=O)[O-])c1O. The van der Waals surface area contributed by atoms with Crippen LogP contribution in [0.2, 0.25) is 0 Å². The number of aromatic nitrogens is 1. The minimum Gasteiger partial charge on any atom is -0.548 e. The number of rotatable bonds is 3. The van der Waals surface area contributed by atoms with Gasteiger partial charge >= 0.3 is 0 Å². The molecule has 1 aromatic heterocycles. The van der Waals surface area contributed by atoms with Crippen molar-refractivity contribution in [3.8, 4) is 5.88 Å². The highest BCUT2D eigenvalue weighted by atomic mass is 32.1. The first-order valence-corrected chi connectivity index (χ1v) is 4.24. The standard InChI is InChI=1S/C5H4N2O4S2/c8-2(9)1-7-4(10)3(6-11)13-5(7)12/h10H,1H2,(H,8,9)/p-1. The number of nitroso groups, excluding NO2 is 1. The van der Waals surface area contributed by atoms with Crippen molar-refractivity contribution in [2.45, 2.75) is 6.54 Å². The second-order valence-corrected chi connectivity index (χ2v) is 3.67. The smallest absolute Gasteiger partial charge is 0.234 e. The number of carboxylic acids is 1. The van der Waals surface area contributed by atoms with E-state index in [0.717, 1.165) is 15.9 Å². The number of thiazole rings is 1. The zero-order valence-corrected chi connectivity index (χ0v) is 7.72. The number of hydrogen-bond donors (Lipinski definition) is 1. The maximum Gasteiger partial charge on any atom is 0.234 e. The minimum atomic E-state index is -1.40. The number of carbonyl (C=O) groups excluding carboxylic acids is 1. The van der Waals surface area contributed by atoms with E-state index in [4.69, 9.17) is 0 Å². The predicted molar refractivity (Wildman–Crippen MR) is 45.3 cm³/mol. The van der Waals surface area contributed by atoms with E-state index in [2.05, 4.69) is 17.4 Å². The fourth-order valence-corrected chi connectivity index (χ4v) is 1.77. The fourth-order valence-electron chi connectivity index (χ4n) is 0.713. The summed E-state index contributed by atoms with van der Waals surface area (Å²) in [5.74, 6) is -1.93. The third-order valence-electron chi connectivity index (χ3n) is 1.22. The second-order valence-electron chi connectivity index (χ2n) is 2.05. The van der Waals surface area contributed by atoms with Crippen molar-refractivity contribution in [2.24, 2.45) is 5.18 Å². The number of hydrogen-bond acceptors (Lipinski definition) is 7. The summed E-state index contributed by atoms with van der Waals surface area (Å²) < 4.78 is 0.933. The van der Waals surface area contributed by atoms with Crippen LogP contribution in [0, 0.1) is 8.86 Å². The summed E-state index contributed by atoms with van der Waals surface area (Å²) in [6, 6.07) is 0. The van der Waals surface area contributed by atoms with Crippen molar-refractivity contribution in [1.29, 1.82) is 0 Å². The summed E-state index contributed by atoms with van der Waals surface area (Å²) in [6.45, 7) is -0.587. The lowest BCUT2D eigenvalue weighted by atomic mass is 10.6. The van der Waals surface area contributed by atoms with Gasteiger partial charge in [-0.05, 0) is 17.4 Å². The van der Waals surface area contributed by atoms with Crippen molar-refractivity contribution >= 4 is 34.5 Å². The van der Waals surface area contributed by atoms with Gasteiger partial charge in [0.2, 0.25) is 10.9 Å². The summed E-state index contributed by atoms with van der Waals surface area (Å²) in [5.41, 5.74) is 0. The Morgan fingerprint density at radius 2 is 2.38 bits per heavy atom. The van der Waals surface area contributed by atoms with E-state index in [1.54, 1.807) is 0 Å². The molecule has 0 aliphatic heterocycles.